The van der Waals surface area contributed by atoms with E-state index in [1.807, 2.05) is 27.7 Å². The van der Waals surface area contributed by atoms with Crippen molar-refractivity contribution in [2.75, 3.05) is 19.7 Å². The summed E-state index contributed by atoms with van der Waals surface area (Å²) in [7, 11) is 0. The number of hydrogen-bond donors (Lipinski definition) is 1. The third-order valence-corrected chi connectivity index (χ3v) is 1.81. The van der Waals surface area contributed by atoms with Gasteiger partial charge in [-0.1, -0.05) is 27.7 Å². The Labute approximate surface area is 92.3 Å². The van der Waals surface area contributed by atoms with Crippen LogP contribution in [0.4, 0.5) is 0 Å². The van der Waals surface area contributed by atoms with Gasteiger partial charge in [-0.3, -0.25) is 0 Å². The third-order valence-electron chi connectivity index (χ3n) is 1.81. The van der Waals surface area contributed by atoms with E-state index in [2.05, 4.69) is 10.2 Å². The Morgan fingerprint density at radius 3 is 2.40 bits per heavy atom. The fraction of sp³-hybridized carbons (Fsp3) is 1.00. The molecule has 1 N–H and O–H groups in total. The molecule has 5 nitrogen and oxygen atoms in total. The van der Waals surface area contributed by atoms with Gasteiger partial charge in [0.25, 0.3) is 5.09 Å². The predicted octanol–water partition coefficient (Wildman–Crippen LogP) is 2.25. The maximum atomic E-state index is 9.80. The van der Waals surface area contributed by atoms with Crippen molar-refractivity contribution in [1.29, 1.82) is 0 Å². The van der Waals surface area contributed by atoms with Gasteiger partial charge in [0.05, 0.1) is 0 Å². The Morgan fingerprint density at radius 1 is 1.40 bits per heavy atom. The second kappa shape index (κ2) is 13.2. The molecule has 1 atom stereocenters. The van der Waals surface area contributed by atoms with E-state index in [1.165, 1.54) is 0 Å². The summed E-state index contributed by atoms with van der Waals surface area (Å²) in [5, 5.41) is 12.2. The molecule has 1 heterocycles. The summed E-state index contributed by atoms with van der Waals surface area (Å²) in [5.74, 6) is 0.314. The van der Waals surface area contributed by atoms with Crippen LogP contribution in [0.15, 0.2) is 0 Å². The lowest BCUT2D eigenvalue weighted by atomic mass is 10.0. The zero-order valence-corrected chi connectivity index (χ0v) is 10.3. The van der Waals surface area contributed by atoms with Gasteiger partial charge in [0.1, 0.15) is 6.61 Å². The minimum Gasteiger partial charge on any atom is -0.316 e. The first-order valence-electron chi connectivity index (χ1n) is 5.77. The van der Waals surface area contributed by atoms with Crippen molar-refractivity contribution < 1.29 is 9.92 Å². The highest BCUT2D eigenvalue weighted by Crippen LogP contribution is 2.09. The normalized spacial score (nSPS) is 18.8. The summed E-state index contributed by atoms with van der Waals surface area (Å²) in [6.07, 6.45) is 2.12. The maximum absolute atomic E-state index is 9.80. The average molecular weight is 220 g/mol. The number of hydrogen-bond acceptors (Lipinski definition) is 4. The van der Waals surface area contributed by atoms with E-state index >= 15 is 0 Å². The van der Waals surface area contributed by atoms with E-state index in [0.29, 0.717) is 5.92 Å². The Hall–Kier alpha value is -0.840. The van der Waals surface area contributed by atoms with Crippen molar-refractivity contribution in [3.05, 3.63) is 10.1 Å². The second-order valence-corrected chi connectivity index (χ2v) is 2.73. The van der Waals surface area contributed by atoms with Gasteiger partial charge < -0.3 is 10.2 Å². The molecular weight excluding hydrogens is 196 g/mol. The van der Waals surface area contributed by atoms with Gasteiger partial charge in [-0.25, -0.2) is 0 Å². The second-order valence-electron chi connectivity index (χ2n) is 2.73. The SMILES string of the molecule is CC.CC.O=[N+]([O-])OCC1CCCNC1. The molecule has 1 aliphatic rings. The van der Waals surface area contributed by atoms with Gasteiger partial charge >= 0.3 is 0 Å². The van der Waals surface area contributed by atoms with E-state index in [1.54, 1.807) is 0 Å². The molecule has 0 bridgehead atoms. The molecule has 1 saturated heterocycles. The maximum Gasteiger partial charge on any atom is 0.294 e. The molecule has 0 aliphatic carbocycles. The van der Waals surface area contributed by atoms with E-state index in [-0.39, 0.29) is 6.61 Å². The average Bonchev–Trinajstić information content (AvgIpc) is 2.33. The van der Waals surface area contributed by atoms with Crippen molar-refractivity contribution in [2.24, 2.45) is 5.92 Å². The molecule has 15 heavy (non-hydrogen) atoms. The summed E-state index contributed by atoms with van der Waals surface area (Å²) in [4.78, 5) is 14.1. The van der Waals surface area contributed by atoms with Crippen LogP contribution >= 0.6 is 0 Å². The number of nitrogens with zero attached hydrogens (tertiary/aromatic N) is 1. The van der Waals surface area contributed by atoms with Gasteiger partial charge in [0.15, 0.2) is 0 Å². The van der Waals surface area contributed by atoms with E-state index in [4.69, 9.17) is 0 Å². The van der Waals surface area contributed by atoms with Gasteiger partial charge in [0, 0.05) is 0 Å². The first-order valence-corrected chi connectivity index (χ1v) is 5.77. The lowest BCUT2D eigenvalue weighted by Crippen LogP contribution is -2.32. The van der Waals surface area contributed by atoms with Crippen molar-refractivity contribution in [3.63, 3.8) is 0 Å². The third kappa shape index (κ3) is 11.1. The fourth-order valence-electron chi connectivity index (χ4n) is 1.23. The summed E-state index contributed by atoms with van der Waals surface area (Å²) >= 11 is 0. The molecule has 92 valence electrons. The molecular formula is C10H24N2O3. The highest BCUT2D eigenvalue weighted by atomic mass is 16.9. The standard InChI is InChI=1S/C6H12N2O3.2C2H6/c9-8(10)11-5-6-2-1-3-7-4-6;2*1-2/h6-7H,1-5H2;2*1-2H3. The number of piperidine rings is 1. The van der Waals surface area contributed by atoms with Crippen LogP contribution in [0.1, 0.15) is 40.5 Å². The van der Waals surface area contributed by atoms with Crippen LogP contribution in [0.25, 0.3) is 0 Å². The van der Waals surface area contributed by atoms with Crippen LogP contribution in [-0.4, -0.2) is 24.8 Å². The zero-order chi connectivity index (χ0) is 12.1. The van der Waals surface area contributed by atoms with Crippen molar-refractivity contribution in [3.8, 4) is 0 Å². The zero-order valence-electron chi connectivity index (χ0n) is 10.3. The van der Waals surface area contributed by atoms with Crippen molar-refractivity contribution in [2.45, 2.75) is 40.5 Å². The van der Waals surface area contributed by atoms with Gasteiger partial charge in [0.2, 0.25) is 0 Å². The van der Waals surface area contributed by atoms with Crippen LogP contribution < -0.4 is 5.32 Å². The molecule has 0 aromatic rings. The minimum absolute atomic E-state index is 0.236. The van der Waals surface area contributed by atoms with E-state index < -0.39 is 5.09 Å². The van der Waals surface area contributed by atoms with Crippen molar-refractivity contribution >= 4 is 0 Å². The Balaban J connectivity index is 0. The predicted molar refractivity (Wildman–Crippen MR) is 61.2 cm³/mol. The molecule has 1 aliphatic heterocycles. The van der Waals surface area contributed by atoms with Gasteiger partial charge in [-0.15, -0.1) is 10.1 Å². The summed E-state index contributed by atoms with van der Waals surface area (Å²) in [6, 6.07) is 0. The van der Waals surface area contributed by atoms with Crippen LogP contribution in [0.2, 0.25) is 0 Å². The fourth-order valence-corrected chi connectivity index (χ4v) is 1.23. The molecule has 1 rings (SSSR count). The minimum atomic E-state index is -0.728. The highest BCUT2D eigenvalue weighted by molar-refractivity contribution is 4.67. The molecule has 0 aromatic carbocycles. The molecule has 0 spiro atoms. The highest BCUT2D eigenvalue weighted by Gasteiger charge is 2.13. The van der Waals surface area contributed by atoms with E-state index in [0.717, 1.165) is 25.9 Å². The Kier molecular flexibility index (Phi) is 14.6. The van der Waals surface area contributed by atoms with Crippen LogP contribution in [0, 0.1) is 16.0 Å². The van der Waals surface area contributed by atoms with Crippen LogP contribution in [0.3, 0.4) is 0 Å². The lowest BCUT2D eigenvalue weighted by Gasteiger charge is -2.21. The number of nitrogens with one attached hydrogen (secondary N) is 1. The molecule has 1 fully saturated rings. The molecule has 5 heteroatoms. The first kappa shape index (κ1) is 16.6. The molecule has 0 amide bonds. The molecule has 0 aromatic heterocycles. The van der Waals surface area contributed by atoms with Gasteiger partial charge in [-0.2, -0.15) is 0 Å². The van der Waals surface area contributed by atoms with Crippen LogP contribution in [-0.2, 0) is 4.84 Å². The number of rotatable bonds is 3. The summed E-state index contributed by atoms with van der Waals surface area (Å²) in [5.41, 5.74) is 0. The smallest absolute Gasteiger partial charge is 0.294 e. The molecule has 0 radical (unpaired) electrons. The van der Waals surface area contributed by atoms with Gasteiger partial charge in [-0.05, 0) is 31.8 Å². The Morgan fingerprint density at radius 2 is 2.00 bits per heavy atom. The molecule has 0 saturated carbocycles. The summed E-state index contributed by atoms with van der Waals surface area (Å²) in [6.45, 7) is 10.1. The largest absolute Gasteiger partial charge is 0.316 e. The first-order chi connectivity index (χ1) is 7.29. The van der Waals surface area contributed by atoms with Crippen LogP contribution in [0.5, 0.6) is 0 Å². The molecule has 1 unspecified atom stereocenters. The quantitative estimate of drug-likeness (QED) is 0.585. The lowest BCUT2D eigenvalue weighted by molar-refractivity contribution is -0.759. The Bertz CT molecular complexity index is 137. The van der Waals surface area contributed by atoms with E-state index in [9.17, 15) is 10.1 Å². The summed E-state index contributed by atoms with van der Waals surface area (Å²) < 4.78 is 0. The monoisotopic (exact) mass is 220 g/mol. The topological polar surface area (TPSA) is 64.4 Å². The van der Waals surface area contributed by atoms with Crippen molar-refractivity contribution in [1.82, 2.24) is 5.32 Å².